The van der Waals surface area contributed by atoms with Gasteiger partial charge in [-0.15, -0.1) is 12.4 Å². The van der Waals surface area contributed by atoms with Crippen LogP contribution in [0.3, 0.4) is 0 Å². The van der Waals surface area contributed by atoms with E-state index in [9.17, 15) is 4.79 Å². The highest BCUT2D eigenvalue weighted by atomic mass is 35.5. The third kappa shape index (κ3) is 4.93. The lowest BCUT2D eigenvalue weighted by Gasteiger charge is -2.17. The summed E-state index contributed by atoms with van der Waals surface area (Å²) in [5.41, 5.74) is 8.47. The SMILES string of the molecule is COc1ccc(OC)c(CCC(=O)N2C[C@@H](N)[C@H](c3ccccc3)C2)c1.Cl. The van der Waals surface area contributed by atoms with Gasteiger partial charge in [-0.1, -0.05) is 30.3 Å². The number of carbonyl (C=O) groups is 1. The van der Waals surface area contributed by atoms with Crippen molar-refractivity contribution in [3.63, 3.8) is 0 Å². The number of methoxy groups -OCH3 is 2. The van der Waals surface area contributed by atoms with Crippen molar-refractivity contribution in [2.75, 3.05) is 27.3 Å². The maximum atomic E-state index is 12.7. The standard InChI is InChI=1S/C21H26N2O3.ClH/c1-25-17-9-10-20(26-2)16(12-17)8-11-21(24)23-13-18(19(22)14-23)15-6-4-3-5-7-15;/h3-7,9-10,12,18-19H,8,11,13-14,22H2,1-2H3;1H/t18-,19+;/m0./s1. The lowest BCUT2D eigenvalue weighted by molar-refractivity contribution is -0.130. The molecule has 0 bridgehead atoms. The van der Waals surface area contributed by atoms with Gasteiger partial charge in [-0.3, -0.25) is 4.79 Å². The summed E-state index contributed by atoms with van der Waals surface area (Å²) in [6, 6.07) is 15.8. The summed E-state index contributed by atoms with van der Waals surface area (Å²) < 4.78 is 10.7. The highest BCUT2D eigenvalue weighted by Crippen LogP contribution is 2.28. The Bertz CT molecular complexity index is 754. The lowest BCUT2D eigenvalue weighted by atomic mass is 9.95. The Labute approximate surface area is 166 Å². The second-order valence-corrected chi connectivity index (χ2v) is 6.66. The molecule has 2 aromatic rings. The summed E-state index contributed by atoms with van der Waals surface area (Å²) in [6.07, 6.45) is 1.04. The molecule has 0 unspecified atom stereocenters. The molecular weight excluding hydrogens is 364 g/mol. The Morgan fingerprint density at radius 2 is 1.85 bits per heavy atom. The number of nitrogens with two attached hydrogens (primary N) is 1. The zero-order valence-electron chi connectivity index (χ0n) is 15.8. The van der Waals surface area contributed by atoms with Gasteiger partial charge in [0.15, 0.2) is 0 Å². The quantitative estimate of drug-likeness (QED) is 0.823. The molecule has 1 saturated heterocycles. The summed E-state index contributed by atoms with van der Waals surface area (Å²) in [6.45, 7) is 1.28. The first-order valence-electron chi connectivity index (χ1n) is 8.91. The number of ether oxygens (including phenoxy) is 2. The number of halogens is 1. The molecule has 146 valence electrons. The highest BCUT2D eigenvalue weighted by molar-refractivity contribution is 5.85. The van der Waals surface area contributed by atoms with Gasteiger partial charge in [0.1, 0.15) is 11.5 Å². The van der Waals surface area contributed by atoms with E-state index in [-0.39, 0.29) is 30.3 Å². The van der Waals surface area contributed by atoms with Crippen molar-refractivity contribution in [2.24, 2.45) is 5.73 Å². The van der Waals surface area contributed by atoms with Crippen LogP contribution in [0.2, 0.25) is 0 Å². The van der Waals surface area contributed by atoms with Crippen LogP contribution in [0.4, 0.5) is 0 Å². The zero-order valence-corrected chi connectivity index (χ0v) is 16.6. The number of hydrogen-bond acceptors (Lipinski definition) is 4. The van der Waals surface area contributed by atoms with E-state index in [1.165, 1.54) is 5.56 Å². The Kier molecular flexibility index (Phi) is 7.51. The first kappa shape index (κ1) is 21.1. The van der Waals surface area contributed by atoms with Crippen LogP contribution in [0.1, 0.15) is 23.5 Å². The summed E-state index contributed by atoms with van der Waals surface area (Å²) >= 11 is 0. The smallest absolute Gasteiger partial charge is 0.222 e. The number of aryl methyl sites for hydroxylation is 1. The van der Waals surface area contributed by atoms with Gasteiger partial charge in [-0.25, -0.2) is 0 Å². The van der Waals surface area contributed by atoms with Crippen LogP contribution in [0.25, 0.3) is 0 Å². The van der Waals surface area contributed by atoms with E-state index in [0.29, 0.717) is 25.9 Å². The van der Waals surface area contributed by atoms with Gasteiger partial charge in [0.05, 0.1) is 14.2 Å². The minimum Gasteiger partial charge on any atom is -0.497 e. The molecule has 0 aliphatic carbocycles. The fourth-order valence-electron chi connectivity index (χ4n) is 3.56. The van der Waals surface area contributed by atoms with E-state index in [1.54, 1.807) is 14.2 Å². The van der Waals surface area contributed by atoms with E-state index in [1.807, 2.05) is 41.3 Å². The highest BCUT2D eigenvalue weighted by Gasteiger charge is 2.33. The van der Waals surface area contributed by atoms with Crippen LogP contribution >= 0.6 is 12.4 Å². The molecule has 5 nitrogen and oxygen atoms in total. The van der Waals surface area contributed by atoms with E-state index < -0.39 is 0 Å². The Morgan fingerprint density at radius 1 is 1.11 bits per heavy atom. The normalized spacial score (nSPS) is 18.7. The van der Waals surface area contributed by atoms with Crippen molar-refractivity contribution >= 4 is 18.3 Å². The van der Waals surface area contributed by atoms with Crippen LogP contribution in [0.15, 0.2) is 48.5 Å². The van der Waals surface area contributed by atoms with E-state index >= 15 is 0 Å². The van der Waals surface area contributed by atoms with Crippen LogP contribution in [0, 0.1) is 0 Å². The van der Waals surface area contributed by atoms with Crippen LogP contribution in [0.5, 0.6) is 11.5 Å². The number of amides is 1. The first-order chi connectivity index (χ1) is 12.6. The molecule has 0 aromatic heterocycles. The van der Waals surface area contributed by atoms with Crippen molar-refractivity contribution in [2.45, 2.75) is 24.8 Å². The van der Waals surface area contributed by atoms with Crippen molar-refractivity contribution in [3.8, 4) is 11.5 Å². The largest absolute Gasteiger partial charge is 0.497 e. The van der Waals surface area contributed by atoms with Gasteiger partial charge >= 0.3 is 0 Å². The molecule has 0 saturated carbocycles. The average Bonchev–Trinajstić information content (AvgIpc) is 3.08. The predicted octanol–water partition coefficient (Wildman–Crippen LogP) is 3.01. The molecule has 2 aromatic carbocycles. The average molecular weight is 391 g/mol. The van der Waals surface area contributed by atoms with Crippen molar-refractivity contribution < 1.29 is 14.3 Å². The van der Waals surface area contributed by atoms with Crippen molar-refractivity contribution in [3.05, 3.63) is 59.7 Å². The summed E-state index contributed by atoms with van der Waals surface area (Å²) in [4.78, 5) is 14.6. The fraction of sp³-hybridized carbons (Fsp3) is 0.381. The molecule has 1 amide bonds. The van der Waals surface area contributed by atoms with Gasteiger partial charge in [0.2, 0.25) is 5.91 Å². The summed E-state index contributed by atoms with van der Waals surface area (Å²) in [7, 11) is 3.27. The maximum Gasteiger partial charge on any atom is 0.222 e. The number of benzene rings is 2. The number of carbonyl (C=O) groups excluding carboxylic acids is 1. The van der Waals surface area contributed by atoms with Crippen LogP contribution in [-0.4, -0.2) is 44.2 Å². The van der Waals surface area contributed by atoms with Crippen LogP contribution in [-0.2, 0) is 11.2 Å². The number of nitrogens with zero attached hydrogens (tertiary/aromatic N) is 1. The van der Waals surface area contributed by atoms with Gasteiger partial charge in [0.25, 0.3) is 0 Å². The Hall–Kier alpha value is -2.24. The van der Waals surface area contributed by atoms with E-state index in [2.05, 4.69) is 12.1 Å². The lowest BCUT2D eigenvalue weighted by Crippen LogP contribution is -2.32. The molecule has 2 atom stereocenters. The second kappa shape index (κ2) is 9.62. The molecule has 1 heterocycles. The third-order valence-corrected chi connectivity index (χ3v) is 5.04. The minimum absolute atomic E-state index is 0. The molecule has 0 spiro atoms. The second-order valence-electron chi connectivity index (χ2n) is 6.66. The van der Waals surface area contributed by atoms with Crippen molar-refractivity contribution in [1.82, 2.24) is 4.90 Å². The molecular formula is C21H27ClN2O3. The predicted molar refractivity (Wildman–Crippen MR) is 109 cm³/mol. The van der Waals surface area contributed by atoms with E-state index in [0.717, 1.165) is 17.1 Å². The Morgan fingerprint density at radius 3 is 2.52 bits per heavy atom. The number of hydrogen-bond donors (Lipinski definition) is 1. The van der Waals surface area contributed by atoms with Crippen LogP contribution < -0.4 is 15.2 Å². The number of rotatable bonds is 6. The van der Waals surface area contributed by atoms with E-state index in [4.69, 9.17) is 15.2 Å². The molecule has 3 rings (SSSR count). The zero-order chi connectivity index (χ0) is 18.5. The molecule has 1 aliphatic heterocycles. The molecule has 0 radical (unpaired) electrons. The topological polar surface area (TPSA) is 64.8 Å². The minimum atomic E-state index is -0.0206. The van der Waals surface area contributed by atoms with Gasteiger partial charge in [0, 0.05) is 31.5 Å². The Balaban J connectivity index is 0.00000261. The van der Waals surface area contributed by atoms with Gasteiger partial charge < -0.3 is 20.1 Å². The van der Waals surface area contributed by atoms with Gasteiger partial charge in [-0.05, 0) is 35.7 Å². The maximum absolute atomic E-state index is 12.7. The molecule has 6 heteroatoms. The molecule has 1 fully saturated rings. The molecule has 2 N–H and O–H groups in total. The monoisotopic (exact) mass is 390 g/mol. The summed E-state index contributed by atoms with van der Waals surface area (Å²) in [5.74, 6) is 1.87. The first-order valence-corrected chi connectivity index (χ1v) is 8.91. The summed E-state index contributed by atoms with van der Waals surface area (Å²) in [5, 5.41) is 0. The number of likely N-dealkylation sites (tertiary alicyclic amines) is 1. The van der Waals surface area contributed by atoms with Gasteiger partial charge in [-0.2, -0.15) is 0 Å². The van der Waals surface area contributed by atoms with Crippen molar-refractivity contribution in [1.29, 1.82) is 0 Å². The molecule has 27 heavy (non-hydrogen) atoms. The third-order valence-electron chi connectivity index (χ3n) is 5.04. The molecule has 1 aliphatic rings. The fourth-order valence-corrected chi connectivity index (χ4v) is 3.56.